The SMILES string of the molecule is Cc1ccc(-c2cnc(C(C#N)C(C)C)[nH]2)c(C)c1C. The summed E-state index contributed by atoms with van der Waals surface area (Å²) in [4.78, 5) is 7.72. The second-order valence-electron chi connectivity index (χ2n) is 5.71. The minimum Gasteiger partial charge on any atom is -0.341 e. The van der Waals surface area contributed by atoms with Gasteiger partial charge in [0.2, 0.25) is 0 Å². The summed E-state index contributed by atoms with van der Waals surface area (Å²) in [6.07, 6.45) is 1.83. The first kappa shape index (κ1) is 14.3. The number of H-pyrrole nitrogens is 1. The van der Waals surface area contributed by atoms with Crippen LogP contribution in [-0.4, -0.2) is 9.97 Å². The molecule has 1 N–H and O–H groups in total. The average molecular weight is 267 g/mol. The maximum absolute atomic E-state index is 9.25. The molecule has 0 aliphatic rings. The zero-order valence-electron chi connectivity index (χ0n) is 12.8. The van der Waals surface area contributed by atoms with Crippen molar-refractivity contribution in [2.24, 2.45) is 5.92 Å². The van der Waals surface area contributed by atoms with Gasteiger partial charge >= 0.3 is 0 Å². The Hall–Kier alpha value is -2.08. The zero-order chi connectivity index (χ0) is 14.9. The van der Waals surface area contributed by atoms with E-state index in [9.17, 15) is 5.26 Å². The molecule has 3 heteroatoms. The van der Waals surface area contributed by atoms with E-state index in [1.54, 1.807) is 0 Å². The minimum absolute atomic E-state index is 0.185. The Morgan fingerprint density at radius 1 is 1.15 bits per heavy atom. The van der Waals surface area contributed by atoms with Gasteiger partial charge in [0.25, 0.3) is 0 Å². The first-order valence-corrected chi connectivity index (χ1v) is 6.97. The van der Waals surface area contributed by atoms with Crippen LogP contribution in [0.15, 0.2) is 18.3 Å². The van der Waals surface area contributed by atoms with E-state index in [1.807, 2.05) is 20.0 Å². The molecule has 3 nitrogen and oxygen atoms in total. The lowest BCUT2D eigenvalue weighted by molar-refractivity contribution is 0.566. The Balaban J connectivity index is 2.44. The zero-order valence-corrected chi connectivity index (χ0v) is 12.8. The molecule has 2 aromatic rings. The van der Waals surface area contributed by atoms with E-state index in [0.717, 1.165) is 17.1 Å². The molecule has 1 unspecified atom stereocenters. The third kappa shape index (κ3) is 2.46. The second kappa shape index (κ2) is 5.50. The van der Waals surface area contributed by atoms with Crippen molar-refractivity contribution in [3.63, 3.8) is 0 Å². The van der Waals surface area contributed by atoms with Crippen LogP contribution in [0.3, 0.4) is 0 Å². The van der Waals surface area contributed by atoms with E-state index in [0.29, 0.717) is 0 Å². The van der Waals surface area contributed by atoms with Crippen LogP contribution in [0.25, 0.3) is 11.3 Å². The van der Waals surface area contributed by atoms with Gasteiger partial charge in [-0.15, -0.1) is 0 Å². The van der Waals surface area contributed by atoms with E-state index in [1.165, 1.54) is 16.7 Å². The third-order valence-electron chi connectivity index (χ3n) is 4.04. The van der Waals surface area contributed by atoms with Crippen LogP contribution in [0.5, 0.6) is 0 Å². The lowest BCUT2D eigenvalue weighted by Crippen LogP contribution is -2.06. The lowest BCUT2D eigenvalue weighted by Gasteiger charge is -2.11. The number of rotatable bonds is 3. The minimum atomic E-state index is -0.185. The van der Waals surface area contributed by atoms with Crippen molar-refractivity contribution in [3.8, 4) is 17.3 Å². The van der Waals surface area contributed by atoms with E-state index < -0.39 is 0 Å². The second-order valence-corrected chi connectivity index (χ2v) is 5.71. The summed E-state index contributed by atoms with van der Waals surface area (Å²) in [5, 5.41) is 9.25. The summed E-state index contributed by atoms with van der Waals surface area (Å²) in [5.74, 6) is 0.825. The summed E-state index contributed by atoms with van der Waals surface area (Å²) in [7, 11) is 0. The molecule has 0 saturated carbocycles. The fraction of sp³-hybridized carbons (Fsp3) is 0.412. The summed E-state index contributed by atoms with van der Waals surface area (Å²) in [6, 6.07) is 6.57. The highest BCUT2D eigenvalue weighted by atomic mass is 14.9. The van der Waals surface area contributed by atoms with Crippen LogP contribution in [0.2, 0.25) is 0 Å². The molecule has 0 saturated heterocycles. The van der Waals surface area contributed by atoms with Crippen LogP contribution < -0.4 is 0 Å². The molecule has 0 radical (unpaired) electrons. The number of aryl methyl sites for hydroxylation is 1. The van der Waals surface area contributed by atoms with Crippen molar-refractivity contribution in [3.05, 3.63) is 40.8 Å². The largest absolute Gasteiger partial charge is 0.341 e. The highest BCUT2D eigenvalue weighted by Gasteiger charge is 2.19. The van der Waals surface area contributed by atoms with E-state index in [4.69, 9.17) is 0 Å². The Bertz CT molecular complexity index is 659. The third-order valence-corrected chi connectivity index (χ3v) is 4.04. The van der Waals surface area contributed by atoms with E-state index in [2.05, 4.69) is 48.9 Å². The molecule has 0 spiro atoms. The first-order chi connectivity index (χ1) is 9.45. The number of hydrogen-bond acceptors (Lipinski definition) is 2. The van der Waals surface area contributed by atoms with Crippen molar-refractivity contribution >= 4 is 0 Å². The number of nitrogens with zero attached hydrogens (tertiary/aromatic N) is 2. The van der Waals surface area contributed by atoms with Gasteiger partial charge in [0.15, 0.2) is 0 Å². The van der Waals surface area contributed by atoms with Gasteiger partial charge in [-0.3, -0.25) is 0 Å². The highest BCUT2D eigenvalue weighted by Crippen LogP contribution is 2.28. The number of hydrogen-bond donors (Lipinski definition) is 1. The van der Waals surface area contributed by atoms with Gasteiger partial charge in [-0.25, -0.2) is 4.98 Å². The number of aromatic amines is 1. The number of nitriles is 1. The average Bonchev–Trinajstić information content (AvgIpc) is 2.86. The summed E-state index contributed by atoms with van der Waals surface area (Å²) in [5.41, 5.74) is 6.01. The smallest absolute Gasteiger partial charge is 0.124 e. The van der Waals surface area contributed by atoms with Gasteiger partial charge in [0, 0.05) is 5.56 Å². The fourth-order valence-electron chi connectivity index (χ4n) is 2.41. The van der Waals surface area contributed by atoms with Gasteiger partial charge in [0.1, 0.15) is 11.7 Å². The Kier molecular flexibility index (Phi) is 3.94. The molecule has 0 fully saturated rings. The number of benzene rings is 1. The van der Waals surface area contributed by atoms with Crippen molar-refractivity contribution in [1.29, 1.82) is 5.26 Å². The molecule has 0 amide bonds. The fourth-order valence-corrected chi connectivity index (χ4v) is 2.41. The Morgan fingerprint density at radius 2 is 1.85 bits per heavy atom. The van der Waals surface area contributed by atoms with Crippen LogP contribution in [-0.2, 0) is 0 Å². The van der Waals surface area contributed by atoms with Crippen molar-refractivity contribution in [2.45, 2.75) is 40.5 Å². The number of nitrogens with one attached hydrogen (secondary N) is 1. The Morgan fingerprint density at radius 3 is 2.45 bits per heavy atom. The highest BCUT2D eigenvalue weighted by molar-refractivity contribution is 5.65. The molecule has 0 aliphatic carbocycles. The molecule has 1 heterocycles. The maximum Gasteiger partial charge on any atom is 0.124 e. The summed E-state index contributed by atoms with van der Waals surface area (Å²) in [6.45, 7) is 10.5. The van der Waals surface area contributed by atoms with Gasteiger partial charge in [-0.1, -0.05) is 26.0 Å². The van der Waals surface area contributed by atoms with Crippen LogP contribution >= 0.6 is 0 Å². The molecule has 2 rings (SSSR count). The van der Waals surface area contributed by atoms with Crippen LogP contribution in [0, 0.1) is 38.0 Å². The van der Waals surface area contributed by atoms with Gasteiger partial charge in [0.05, 0.1) is 18.0 Å². The quantitative estimate of drug-likeness (QED) is 0.903. The molecule has 1 aromatic carbocycles. The number of imidazole rings is 1. The molecule has 104 valence electrons. The standard InChI is InChI=1S/C17H21N3/c1-10(2)15(8-18)17-19-9-16(20-17)14-7-6-11(3)12(4)13(14)5/h6-7,9-10,15H,1-5H3,(H,19,20). The maximum atomic E-state index is 9.25. The molecular weight excluding hydrogens is 246 g/mol. The normalized spacial score (nSPS) is 12.4. The van der Waals surface area contributed by atoms with Gasteiger partial charge in [-0.2, -0.15) is 5.26 Å². The molecule has 1 atom stereocenters. The van der Waals surface area contributed by atoms with Crippen LogP contribution in [0.4, 0.5) is 0 Å². The van der Waals surface area contributed by atoms with Crippen LogP contribution in [0.1, 0.15) is 42.3 Å². The summed E-state index contributed by atoms with van der Waals surface area (Å²) < 4.78 is 0. The molecule has 1 aromatic heterocycles. The van der Waals surface area contributed by atoms with E-state index >= 15 is 0 Å². The van der Waals surface area contributed by atoms with Crippen molar-refractivity contribution in [2.75, 3.05) is 0 Å². The molecule has 0 aliphatic heterocycles. The molecule has 0 bridgehead atoms. The van der Waals surface area contributed by atoms with E-state index in [-0.39, 0.29) is 11.8 Å². The molecular formula is C17H21N3. The van der Waals surface area contributed by atoms with Gasteiger partial charge in [-0.05, 0) is 43.4 Å². The number of aromatic nitrogens is 2. The lowest BCUT2D eigenvalue weighted by atomic mass is 9.96. The summed E-state index contributed by atoms with van der Waals surface area (Å²) >= 11 is 0. The van der Waals surface area contributed by atoms with Crippen molar-refractivity contribution in [1.82, 2.24) is 9.97 Å². The Labute approximate surface area is 120 Å². The van der Waals surface area contributed by atoms with Crippen molar-refractivity contribution < 1.29 is 0 Å². The first-order valence-electron chi connectivity index (χ1n) is 6.97. The van der Waals surface area contributed by atoms with Gasteiger partial charge < -0.3 is 4.98 Å². The predicted octanol–water partition coefficient (Wildman–Crippen LogP) is 4.27. The topological polar surface area (TPSA) is 52.5 Å². The predicted molar refractivity (Wildman–Crippen MR) is 81.4 cm³/mol. The monoisotopic (exact) mass is 267 g/mol. The molecule has 20 heavy (non-hydrogen) atoms.